The molecule has 0 saturated carbocycles. The van der Waals surface area contributed by atoms with Gasteiger partial charge < -0.3 is 4.74 Å². The molecular weight excluding hydrogens is 346 g/mol. The number of methoxy groups -OCH3 is 1. The van der Waals surface area contributed by atoms with Crippen LogP contribution in [0, 0.1) is 6.92 Å². The number of carbonyl (C=O) groups excluding carboxylic acids is 1. The van der Waals surface area contributed by atoms with E-state index in [4.69, 9.17) is 4.74 Å². The summed E-state index contributed by atoms with van der Waals surface area (Å²) in [5.74, 6) is 0.428. The van der Waals surface area contributed by atoms with Crippen LogP contribution in [-0.2, 0) is 10.5 Å². The third-order valence-corrected chi connectivity index (χ3v) is 5.76. The Morgan fingerprint density at radius 3 is 2.89 bits per heavy atom. The van der Waals surface area contributed by atoms with Gasteiger partial charge >= 0.3 is 5.97 Å². The molecule has 2 rings (SSSR count). The van der Waals surface area contributed by atoms with Gasteiger partial charge in [0.1, 0.15) is 9.88 Å². The number of rotatable bonds is 4. The minimum atomic E-state index is -0.313. The van der Waals surface area contributed by atoms with Crippen LogP contribution in [0.4, 0.5) is 0 Å². The first-order chi connectivity index (χ1) is 9.11. The Hall–Kier alpha value is -0.850. The van der Waals surface area contributed by atoms with Gasteiger partial charge in [-0.3, -0.25) is 0 Å². The summed E-state index contributed by atoms with van der Waals surface area (Å²) < 4.78 is 5.80. The number of thioether (sulfide) groups is 1. The monoisotopic (exact) mass is 357 g/mol. The van der Waals surface area contributed by atoms with Crippen LogP contribution in [0.1, 0.15) is 20.4 Å². The van der Waals surface area contributed by atoms with Gasteiger partial charge in [0.15, 0.2) is 0 Å². The zero-order valence-corrected chi connectivity index (χ0v) is 13.7. The second-order valence-electron chi connectivity index (χ2n) is 3.73. The molecule has 1 aromatic heterocycles. The first kappa shape index (κ1) is 14.6. The molecule has 1 aromatic carbocycles. The van der Waals surface area contributed by atoms with Crippen molar-refractivity contribution in [2.24, 2.45) is 0 Å². The Morgan fingerprint density at radius 2 is 2.21 bits per heavy atom. The summed E-state index contributed by atoms with van der Waals surface area (Å²) in [6.07, 6.45) is 0. The van der Waals surface area contributed by atoms with Crippen molar-refractivity contribution in [1.82, 2.24) is 4.98 Å². The quantitative estimate of drug-likeness (QED) is 0.604. The van der Waals surface area contributed by atoms with Gasteiger partial charge in [-0.1, -0.05) is 12.1 Å². The van der Waals surface area contributed by atoms with Crippen molar-refractivity contribution in [2.45, 2.75) is 17.6 Å². The summed E-state index contributed by atoms with van der Waals surface area (Å²) >= 11 is 6.60. The summed E-state index contributed by atoms with van der Waals surface area (Å²) in [5, 5.41) is 0.929. The van der Waals surface area contributed by atoms with Gasteiger partial charge in [0.25, 0.3) is 0 Å². The average molecular weight is 358 g/mol. The number of aryl methyl sites for hydroxylation is 1. The summed E-state index contributed by atoms with van der Waals surface area (Å²) in [6.45, 7) is 1.83. The fourth-order valence-electron chi connectivity index (χ4n) is 1.50. The van der Waals surface area contributed by atoms with Crippen LogP contribution >= 0.6 is 39.0 Å². The summed E-state index contributed by atoms with van der Waals surface area (Å²) in [5.41, 5.74) is 0.736. The molecule has 0 amide bonds. The van der Waals surface area contributed by atoms with Crippen LogP contribution in [0.3, 0.4) is 0 Å². The van der Waals surface area contributed by atoms with Crippen molar-refractivity contribution >= 4 is 45.0 Å². The predicted octanol–water partition coefficient (Wildman–Crippen LogP) is 4.29. The molecule has 0 aliphatic heterocycles. The van der Waals surface area contributed by atoms with E-state index in [0.29, 0.717) is 4.88 Å². The molecule has 0 saturated heterocycles. The summed E-state index contributed by atoms with van der Waals surface area (Å²) in [6, 6.07) is 8.04. The molecule has 0 radical (unpaired) electrons. The number of aromatic nitrogens is 1. The molecule has 100 valence electrons. The topological polar surface area (TPSA) is 39.2 Å². The molecule has 0 aliphatic carbocycles. The van der Waals surface area contributed by atoms with E-state index in [2.05, 4.69) is 27.0 Å². The van der Waals surface area contributed by atoms with Gasteiger partial charge in [-0.05, 0) is 35.0 Å². The minimum absolute atomic E-state index is 0.313. The number of halogens is 1. The Labute approximate surface area is 128 Å². The highest BCUT2D eigenvalue weighted by Gasteiger charge is 2.15. The van der Waals surface area contributed by atoms with Crippen molar-refractivity contribution in [3.63, 3.8) is 0 Å². The first-order valence-electron chi connectivity index (χ1n) is 5.53. The Kier molecular flexibility index (Phi) is 5.01. The second-order valence-corrected chi connectivity index (χ2v) is 6.69. The van der Waals surface area contributed by atoms with Crippen molar-refractivity contribution < 1.29 is 9.53 Å². The summed E-state index contributed by atoms with van der Waals surface area (Å²) in [7, 11) is 1.39. The van der Waals surface area contributed by atoms with Crippen molar-refractivity contribution in [3.8, 4) is 0 Å². The third-order valence-electron chi connectivity index (χ3n) is 2.40. The molecule has 0 aliphatic rings. The highest BCUT2D eigenvalue weighted by Crippen LogP contribution is 2.31. The van der Waals surface area contributed by atoms with Crippen LogP contribution in [0.2, 0.25) is 0 Å². The average Bonchev–Trinajstić information content (AvgIpc) is 2.78. The lowest BCUT2D eigenvalue weighted by molar-refractivity contribution is 0.0605. The van der Waals surface area contributed by atoms with E-state index in [0.717, 1.165) is 25.8 Å². The maximum Gasteiger partial charge on any atom is 0.349 e. The van der Waals surface area contributed by atoms with E-state index >= 15 is 0 Å². The molecular formula is C13H12BrNO2S2. The van der Waals surface area contributed by atoms with E-state index in [9.17, 15) is 4.79 Å². The highest BCUT2D eigenvalue weighted by molar-refractivity contribution is 9.10. The number of esters is 1. The maximum atomic E-state index is 11.5. The first-order valence-corrected chi connectivity index (χ1v) is 8.13. The van der Waals surface area contributed by atoms with Crippen LogP contribution in [0.25, 0.3) is 0 Å². The predicted molar refractivity (Wildman–Crippen MR) is 81.9 cm³/mol. The molecule has 0 atom stereocenters. The molecule has 1 heterocycles. The zero-order valence-electron chi connectivity index (χ0n) is 10.5. The largest absolute Gasteiger partial charge is 0.465 e. The highest BCUT2D eigenvalue weighted by atomic mass is 79.9. The Balaban J connectivity index is 2.09. The number of ether oxygens (including phenoxy) is 1. The SMILES string of the molecule is COC(=O)c1sc(CSc2ccccc2Br)nc1C. The van der Waals surface area contributed by atoms with Crippen molar-refractivity contribution in [1.29, 1.82) is 0 Å². The lowest BCUT2D eigenvalue weighted by atomic mass is 10.4. The number of carbonyl (C=O) groups is 1. The third kappa shape index (κ3) is 3.58. The van der Waals surface area contributed by atoms with Gasteiger partial charge in [-0.25, -0.2) is 9.78 Å². The lowest BCUT2D eigenvalue weighted by Gasteiger charge is -2.01. The van der Waals surface area contributed by atoms with Crippen molar-refractivity contribution in [3.05, 3.63) is 44.3 Å². The van der Waals surface area contributed by atoms with Gasteiger partial charge in [-0.2, -0.15) is 0 Å². The number of hydrogen-bond acceptors (Lipinski definition) is 5. The number of nitrogens with zero attached hydrogens (tertiary/aromatic N) is 1. The van der Waals surface area contributed by atoms with Crippen molar-refractivity contribution in [2.75, 3.05) is 7.11 Å². The van der Waals surface area contributed by atoms with Crippen LogP contribution < -0.4 is 0 Å². The Morgan fingerprint density at radius 1 is 1.47 bits per heavy atom. The molecule has 0 spiro atoms. The van der Waals surface area contributed by atoms with E-state index in [1.165, 1.54) is 18.4 Å². The molecule has 0 bridgehead atoms. The fourth-order valence-corrected chi connectivity index (χ4v) is 4.04. The Bertz CT molecular complexity index is 598. The number of hydrogen-bond donors (Lipinski definition) is 0. The van der Waals surface area contributed by atoms with E-state index in [-0.39, 0.29) is 5.97 Å². The smallest absolute Gasteiger partial charge is 0.349 e. The fraction of sp³-hybridized carbons (Fsp3) is 0.231. The van der Waals surface area contributed by atoms with Gasteiger partial charge in [0, 0.05) is 9.37 Å². The number of thiazole rings is 1. The van der Waals surface area contributed by atoms with Crippen LogP contribution in [0.15, 0.2) is 33.6 Å². The molecule has 2 aromatic rings. The molecule has 6 heteroatoms. The molecule has 19 heavy (non-hydrogen) atoms. The standard InChI is InChI=1S/C13H12BrNO2S2/c1-8-12(13(16)17-2)19-11(15-8)7-18-10-6-4-3-5-9(10)14/h3-6H,7H2,1-2H3. The second kappa shape index (κ2) is 6.54. The van der Waals surface area contributed by atoms with E-state index in [1.807, 2.05) is 25.1 Å². The molecule has 0 N–H and O–H groups in total. The zero-order chi connectivity index (χ0) is 13.8. The molecule has 0 unspecified atom stereocenters. The summed E-state index contributed by atoms with van der Waals surface area (Å²) in [4.78, 5) is 17.7. The maximum absolute atomic E-state index is 11.5. The van der Waals surface area contributed by atoms with Gasteiger partial charge in [0.2, 0.25) is 0 Å². The van der Waals surface area contributed by atoms with E-state index < -0.39 is 0 Å². The molecule has 0 fully saturated rings. The van der Waals surface area contributed by atoms with Crippen LogP contribution in [0.5, 0.6) is 0 Å². The minimum Gasteiger partial charge on any atom is -0.465 e. The lowest BCUT2D eigenvalue weighted by Crippen LogP contribution is -1.99. The van der Waals surface area contributed by atoms with E-state index in [1.54, 1.807) is 11.8 Å². The van der Waals surface area contributed by atoms with Crippen LogP contribution in [-0.4, -0.2) is 18.1 Å². The number of benzene rings is 1. The normalized spacial score (nSPS) is 10.5. The van der Waals surface area contributed by atoms with Gasteiger partial charge in [0.05, 0.1) is 18.6 Å². The molecule has 3 nitrogen and oxygen atoms in total. The van der Waals surface area contributed by atoms with Gasteiger partial charge in [-0.15, -0.1) is 23.1 Å².